The highest BCUT2D eigenvalue weighted by atomic mass is 35.5. The molecular formula is C7H6ClN3. The van der Waals surface area contributed by atoms with E-state index in [1.54, 1.807) is 6.20 Å². The van der Waals surface area contributed by atoms with Crippen molar-refractivity contribution in [2.24, 2.45) is 0 Å². The van der Waals surface area contributed by atoms with Gasteiger partial charge in [-0.15, -0.1) is 0 Å². The average Bonchev–Trinajstić information content (AvgIpc) is 2.01. The summed E-state index contributed by atoms with van der Waals surface area (Å²) in [6.07, 6.45) is 4.15. The predicted octanol–water partition coefficient (Wildman–Crippen LogP) is 1.59. The lowest BCUT2D eigenvalue weighted by atomic mass is 10.3. The van der Waals surface area contributed by atoms with Crippen LogP contribution < -0.4 is 0 Å². The van der Waals surface area contributed by atoms with Crippen molar-refractivity contribution in [1.29, 1.82) is 5.26 Å². The van der Waals surface area contributed by atoms with Crippen LogP contribution in [-0.2, 0) is 6.42 Å². The van der Waals surface area contributed by atoms with Crippen LogP contribution in [0.4, 0.5) is 0 Å². The first-order chi connectivity index (χ1) is 5.33. The van der Waals surface area contributed by atoms with Gasteiger partial charge in [0.15, 0.2) is 0 Å². The highest BCUT2D eigenvalue weighted by Crippen LogP contribution is 2.03. The molecule has 3 nitrogen and oxygen atoms in total. The number of hydrogen-bond acceptors (Lipinski definition) is 3. The fourth-order valence-corrected chi connectivity index (χ4v) is 0.849. The molecule has 0 unspecified atom stereocenters. The molecule has 0 radical (unpaired) electrons. The largest absolute Gasteiger partial charge is 0.260 e. The average molecular weight is 168 g/mol. The molecule has 0 aromatic carbocycles. The van der Waals surface area contributed by atoms with E-state index in [1.807, 2.05) is 6.07 Å². The standard InChI is InChI=1S/C7H6ClN3/c8-7-5-10-4-6(11-7)2-1-3-9/h4-5H,1-2H2. The van der Waals surface area contributed by atoms with Gasteiger partial charge in [-0.05, 0) is 0 Å². The third-order valence-corrected chi connectivity index (χ3v) is 1.33. The number of nitriles is 1. The minimum atomic E-state index is 0.375. The molecule has 0 atom stereocenters. The molecule has 0 aliphatic rings. The zero-order valence-corrected chi connectivity index (χ0v) is 6.54. The van der Waals surface area contributed by atoms with Crippen molar-refractivity contribution >= 4 is 11.6 Å². The number of aryl methyl sites for hydroxylation is 1. The zero-order chi connectivity index (χ0) is 8.10. The molecule has 1 aromatic rings. The molecule has 11 heavy (non-hydrogen) atoms. The molecular weight excluding hydrogens is 162 g/mol. The van der Waals surface area contributed by atoms with E-state index in [4.69, 9.17) is 16.9 Å². The maximum Gasteiger partial charge on any atom is 0.147 e. The molecule has 0 aliphatic heterocycles. The first-order valence-electron chi connectivity index (χ1n) is 3.16. The summed E-state index contributed by atoms with van der Waals surface area (Å²) in [5.41, 5.74) is 0.763. The number of hydrogen-bond donors (Lipinski definition) is 0. The lowest BCUT2D eigenvalue weighted by Crippen LogP contribution is -1.90. The number of rotatable bonds is 2. The second-order valence-electron chi connectivity index (χ2n) is 1.99. The molecule has 1 aromatic heterocycles. The summed E-state index contributed by atoms with van der Waals surface area (Å²) in [5, 5.41) is 8.64. The van der Waals surface area contributed by atoms with Crippen molar-refractivity contribution in [2.45, 2.75) is 12.8 Å². The summed E-state index contributed by atoms with van der Waals surface area (Å²) in [7, 11) is 0. The van der Waals surface area contributed by atoms with E-state index in [9.17, 15) is 0 Å². The minimum Gasteiger partial charge on any atom is -0.260 e. The monoisotopic (exact) mass is 167 g/mol. The maximum absolute atomic E-state index is 8.27. The number of aromatic nitrogens is 2. The zero-order valence-electron chi connectivity index (χ0n) is 5.79. The quantitative estimate of drug-likeness (QED) is 0.672. The van der Waals surface area contributed by atoms with Crippen LogP contribution in [0.3, 0.4) is 0 Å². The molecule has 0 aliphatic carbocycles. The molecule has 0 bridgehead atoms. The molecule has 0 spiro atoms. The van der Waals surface area contributed by atoms with E-state index in [2.05, 4.69) is 9.97 Å². The lowest BCUT2D eigenvalue weighted by Gasteiger charge is -1.94. The molecule has 1 heterocycles. The SMILES string of the molecule is N#CCCc1cncc(Cl)n1. The summed E-state index contributed by atoms with van der Waals surface area (Å²) in [6.45, 7) is 0. The van der Waals surface area contributed by atoms with Gasteiger partial charge in [0.2, 0.25) is 0 Å². The van der Waals surface area contributed by atoms with Crippen LogP contribution in [0, 0.1) is 11.3 Å². The molecule has 0 fully saturated rings. The predicted molar refractivity (Wildman–Crippen MR) is 41.0 cm³/mol. The second kappa shape index (κ2) is 3.89. The Bertz CT molecular complexity index is 279. The van der Waals surface area contributed by atoms with Crippen molar-refractivity contribution in [3.8, 4) is 6.07 Å². The van der Waals surface area contributed by atoms with Crippen LogP contribution in [0.1, 0.15) is 12.1 Å². The lowest BCUT2D eigenvalue weighted by molar-refractivity contribution is 0.932. The van der Waals surface area contributed by atoms with Crippen molar-refractivity contribution in [3.63, 3.8) is 0 Å². The molecule has 0 saturated carbocycles. The van der Waals surface area contributed by atoms with Gasteiger partial charge >= 0.3 is 0 Å². The van der Waals surface area contributed by atoms with E-state index in [-0.39, 0.29) is 0 Å². The Hall–Kier alpha value is -1.14. The number of halogens is 1. The Balaban J connectivity index is 2.65. The smallest absolute Gasteiger partial charge is 0.147 e. The van der Waals surface area contributed by atoms with Gasteiger partial charge in [-0.2, -0.15) is 5.26 Å². The highest BCUT2D eigenvalue weighted by molar-refractivity contribution is 6.29. The Morgan fingerprint density at radius 1 is 1.55 bits per heavy atom. The normalized spacial score (nSPS) is 9.09. The highest BCUT2D eigenvalue weighted by Gasteiger charge is 1.94. The molecule has 0 N–H and O–H groups in total. The van der Waals surface area contributed by atoms with Gasteiger partial charge in [0, 0.05) is 19.0 Å². The molecule has 4 heteroatoms. The van der Waals surface area contributed by atoms with Crippen molar-refractivity contribution < 1.29 is 0 Å². The minimum absolute atomic E-state index is 0.375. The Kier molecular flexibility index (Phi) is 2.82. The Labute approximate surface area is 69.7 Å². The summed E-state index contributed by atoms with van der Waals surface area (Å²) in [6, 6.07) is 2.02. The Morgan fingerprint density at radius 2 is 2.36 bits per heavy atom. The summed E-state index contributed by atoms with van der Waals surface area (Å²) >= 11 is 5.57. The van der Waals surface area contributed by atoms with Crippen molar-refractivity contribution in [3.05, 3.63) is 23.2 Å². The first-order valence-corrected chi connectivity index (χ1v) is 3.54. The molecule has 0 amide bonds. The fourth-order valence-electron chi connectivity index (χ4n) is 0.684. The van der Waals surface area contributed by atoms with E-state index in [0.717, 1.165) is 5.69 Å². The van der Waals surface area contributed by atoms with E-state index < -0.39 is 0 Å². The van der Waals surface area contributed by atoms with Gasteiger partial charge in [0.25, 0.3) is 0 Å². The molecule has 56 valence electrons. The van der Waals surface area contributed by atoms with Gasteiger partial charge in [-0.3, -0.25) is 4.98 Å². The number of nitrogens with zero attached hydrogens (tertiary/aromatic N) is 3. The Morgan fingerprint density at radius 3 is 3.00 bits per heavy atom. The third kappa shape index (κ3) is 2.52. The van der Waals surface area contributed by atoms with Crippen molar-refractivity contribution in [1.82, 2.24) is 9.97 Å². The van der Waals surface area contributed by atoms with Crippen LogP contribution in [0.2, 0.25) is 5.15 Å². The van der Waals surface area contributed by atoms with Gasteiger partial charge in [-0.1, -0.05) is 11.6 Å². The molecule has 0 saturated heterocycles. The van der Waals surface area contributed by atoms with Crippen LogP contribution in [0.5, 0.6) is 0 Å². The summed E-state index contributed by atoms with van der Waals surface area (Å²) in [4.78, 5) is 7.80. The van der Waals surface area contributed by atoms with Gasteiger partial charge in [-0.25, -0.2) is 4.98 Å². The van der Waals surface area contributed by atoms with E-state index >= 15 is 0 Å². The van der Waals surface area contributed by atoms with Gasteiger partial charge in [0.05, 0.1) is 18.0 Å². The van der Waals surface area contributed by atoms with E-state index in [1.165, 1.54) is 6.20 Å². The third-order valence-electron chi connectivity index (χ3n) is 1.15. The summed E-state index contributed by atoms with van der Waals surface area (Å²) < 4.78 is 0. The van der Waals surface area contributed by atoms with Gasteiger partial charge < -0.3 is 0 Å². The second-order valence-corrected chi connectivity index (χ2v) is 2.38. The maximum atomic E-state index is 8.27. The van der Waals surface area contributed by atoms with Gasteiger partial charge in [0.1, 0.15) is 5.15 Å². The van der Waals surface area contributed by atoms with Crippen molar-refractivity contribution in [2.75, 3.05) is 0 Å². The summed E-state index contributed by atoms with van der Waals surface area (Å²) in [5.74, 6) is 0. The topological polar surface area (TPSA) is 49.6 Å². The molecule has 1 rings (SSSR count). The van der Waals surface area contributed by atoms with Crippen LogP contribution >= 0.6 is 11.6 Å². The fraction of sp³-hybridized carbons (Fsp3) is 0.286. The van der Waals surface area contributed by atoms with E-state index in [0.29, 0.717) is 18.0 Å². The van der Waals surface area contributed by atoms with Crippen LogP contribution in [-0.4, -0.2) is 9.97 Å². The van der Waals surface area contributed by atoms with Crippen LogP contribution in [0.25, 0.3) is 0 Å². The first kappa shape index (κ1) is 7.96. The van der Waals surface area contributed by atoms with Crippen LogP contribution in [0.15, 0.2) is 12.4 Å².